The number of ether oxygens (including phenoxy) is 1. The number of benzene rings is 1. The number of hydrogen-bond acceptors (Lipinski definition) is 3. The summed E-state index contributed by atoms with van der Waals surface area (Å²) in [4.78, 5) is 4.83. The highest BCUT2D eigenvalue weighted by atomic mass is 16.5. The molecule has 3 fully saturated rings. The molecule has 1 N–H and O–H groups in total. The molecule has 28 heavy (non-hydrogen) atoms. The van der Waals surface area contributed by atoms with E-state index in [-0.39, 0.29) is 17.6 Å². The lowest BCUT2D eigenvalue weighted by molar-refractivity contribution is -0.0254. The topological polar surface area (TPSA) is 41.8 Å². The van der Waals surface area contributed by atoms with Crippen LogP contribution in [0.25, 0.3) is 0 Å². The molecule has 1 aromatic carbocycles. The van der Waals surface area contributed by atoms with E-state index in [1.165, 1.54) is 24.0 Å². The van der Waals surface area contributed by atoms with Crippen LogP contribution in [0, 0.1) is 48.9 Å². The summed E-state index contributed by atoms with van der Waals surface area (Å²) in [6, 6.07) is 6.67. The molecule has 0 amide bonds. The van der Waals surface area contributed by atoms with Crippen molar-refractivity contribution in [3.63, 3.8) is 0 Å². The van der Waals surface area contributed by atoms with E-state index in [4.69, 9.17) is 9.73 Å². The van der Waals surface area contributed by atoms with E-state index < -0.39 is 0 Å². The summed E-state index contributed by atoms with van der Waals surface area (Å²) in [7, 11) is 1.75. The summed E-state index contributed by atoms with van der Waals surface area (Å²) in [6.07, 6.45) is 15.5. The zero-order valence-corrected chi connectivity index (χ0v) is 16.8. The summed E-state index contributed by atoms with van der Waals surface area (Å²) >= 11 is 0. The van der Waals surface area contributed by atoms with Gasteiger partial charge in [-0.3, -0.25) is 4.99 Å². The molecule has 0 heterocycles. The molecule has 5 radical (unpaired) electrons. The molecular formula is C25H30NO2. The third-order valence-corrected chi connectivity index (χ3v) is 8.01. The minimum absolute atomic E-state index is 0.000825. The van der Waals surface area contributed by atoms with Crippen molar-refractivity contribution in [1.29, 1.82) is 0 Å². The van der Waals surface area contributed by atoms with E-state index in [0.29, 0.717) is 17.8 Å². The van der Waals surface area contributed by atoms with E-state index >= 15 is 0 Å². The first-order chi connectivity index (χ1) is 13.6. The lowest BCUT2D eigenvalue weighted by Crippen LogP contribution is -2.44. The minimum Gasteiger partial charge on any atom is -0.497 e. The van der Waals surface area contributed by atoms with Gasteiger partial charge in [0.15, 0.2) is 0 Å². The van der Waals surface area contributed by atoms with Crippen LogP contribution >= 0.6 is 0 Å². The van der Waals surface area contributed by atoms with E-state index in [2.05, 4.69) is 38.0 Å². The molecule has 0 saturated heterocycles. The lowest BCUT2D eigenvalue weighted by Gasteiger charge is -2.50. The Morgan fingerprint density at radius 1 is 1.21 bits per heavy atom. The van der Waals surface area contributed by atoms with Gasteiger partial charge in [-0.2, -0.15) is 0 Å². The summed E-state index contributed by atoms with van der Waals surface area (Å²) in [5.74, 6) is 3.94. The maximum Gasteiger partial charge on any atom is 0.119 e. The molecule has 0 aliphatic heterocycles. The highest BCUT2D eigenvalue weighted by Crippen LogP contribution is 2.61. The second-order valence-corrected chi connectivity index (χ2v) is 9.27. The third-order valence-electron chi connectivity index (χ3n) is 8.01. The third kappa shape index (κ3) is 2.93. The Kier molecular flexibility index (Phi) is 4.77. The molecule has 0 bridgehead atoms. The predicted octanol–water partition coefficient (Wildman–Crippen LogP) is 4.37. The molecule has 3 saturated carbocycles. The Hall–Kier alpha value is -1.35. The van der Waals surface area contributed by atoms with Crippen LogP contribution in [-0.4, -0.2) is 30.6 Å². The second kappa shape index (κ2) is 7.16. The first-order valence-electron chi connectivity index (χ1n) is 10.7. The Morgan fingerprint density at radius 3 is 2.82 bits per heavy atom. The Labute approximate surface area is 169 Å². The molecule has 0 unspecified atom stereocenters. The maximum atomic E-state index is 11.2. The number of aliphatic imine (C=N–C) groups is 1. The second-order valence-electron chi connectivity index (χ2n) is 9.27. The van der Waals surface area contributed by atoms with Gasteiger partial charge in [-0.25, -0.2) is 0 Å². The van der Waals surface area contributed by atoms with Gasteiger partial charge in [-0.05, 0) is 104 Å². The fraction of sp³-hybridized carbons (Fsp3) is 0.520. The van der Waals surface area contributed by atoms with Crippen LogP contribution in [0.1, 0.15) is 49.7 Å². The minimum atomic E-state index is -0.332. The van der Waals surface area contributed by atoms with Crippen LogP contribution in [0.5, 0.6) is 5.75 Å². The molecule has 0 spiro atoms. The fourth-order valence-corrected chi connectivity index (χ4v) is 6.47. The van der Waals surface area contributed by atoms with Crippen molar-refractivity contribution in [1.82, 2.24) is 0 Å². The summed E-state index contributed by atoms with van der Waals surface area (Å²) < 4.78 is 5.44. The predicted molar refractivity (Wildman–Crippen MR) is 112 cm³/mol. The monoisotopic (exact) mass is 376 g/mol. The summed E-state index contributed by atoms with van der Waals surface area (Å²) in [5.41, 5.74) is 2.99. The van der Waals surface area contributed by atoms with Gasteiger partial charge >= 0.3 is 0 Å². The Balaban J connectivity index is 1.38. The van der Waals surface area contributed by atoms with Crippen molar-refractivity contribution >= 4 is 6.21 Å². The van der Waals surface area contributed by atoms with Crippen molar-refractivity contribution < 1.29 is 9.84 Å². The number of nitrogens with zero attached hydrogens (tertiary/aromatic N) is 1. The van der Waals surface area contributed by atoms with Gasteiger partial charge in [-0.1, -0.05) is 13.0 Å². The molecule has 0 aromatic heterocycles. The largest absolute Gasteiger partial charge is 0.497 e. The van der Waals surface area contributed by atoms with E-state index in [0.717, 1.165) is 30.9 Å². The maximum absolute atomic E-state index is 11.2. The molecule has 3 nitrogen and oxygen atoms in total. The van der Waals surface area contributed by atoms with E-state index in [1.54, 1.807) is 7.11 Å². The van der Waals surface area contributed by atoms with Crippen LogP contribution in [0.15, 0.2) is 23.2 Å². The van der Waals surface area contributed by atoms with Crippen molar-refractivity contribution in [3.8, 4) is 5.75 Å². The number of methoxy groups -OCH3 is 1. The first-order valence-corrected chi connectivity index (χ1v) is 10.7. The number of aryl methyl sites for hydroxylation is 1. The van der Waals surface area contributed by atoms with E-state index in [1.807, 2.05) is 19.1 Å². The Bertz CT molecular complexity index is 753. The van der Waals surface area contributed by atoms with Crippen LogP contribution in [0.3, 0.4) is 0 Å². The van der Waals surface area contributed by atoms with Crippen LogP contribution in [0.2, 0.25) is 0 Å². The molecule has 4 aliphatic carbocycles. The zero-order valence-electron chi connectivity index (χ0n) is 16.8. The van der Waals surface area contributed by atoms with Crippen molar-refractivity contribution in [2.24, 2.45) is 22.2 Å². The van der Waals surface area contributed by atoms with Gasteiger partial charge < -0.3 is 9.84 Å². The zero-order chi connectivity index (χ0) is 19.3. The molecule has 1 aromatic rings. The number of aliphatic hydroxyl groups excluding tert-OH is 1. The highest BCUT2D eigenvalue weighted by molar-refractivity contribution is 5.82. The van der Waals surface area contributed by atoms with Gasteiger partial charge in [0.2, 0.25) is 0 Å². The quantitative estimate of drug-likeness (QED) is 0.796. The Morgan fingerprint density at radius 2 is 2.04 bits per heavy atom. The van der Waals surface area contributed by atoms with Crippen LogP contribution in [-0.2, 0) is 6.42 Å². The number of hydrogen-bond donors (Lipinski definition) is 1. The normalized spacial score (nSPS) is 40.3. The van der Waals surface area contributed by atoms with Gasteiger partial charge in [-0.15, -0.1) is 0 Å². The standard InChI is InChI=1S/C25H30NO2/c1-25-12-11-20-19-10-8-18(28-2)13-17(19)7-9-21(20)22(25)14-23(24(25)27)26-15-16-5-3-4-6-16/h3-6,8,10,13,15,20-24,27H,7,9,11-12,14H2,1-2H3/t20-,21-,22+,23+,24-,25+/m1/s1. The molecule has 5 rings (SSSR count). The fourth-order valence-electron chi connectivity index (χ4n) is 6.47. The lowest BCUT2D eigenvalue weighted by atomic mass is 9.55. The molecule has 4 aliphatic rings. The highest BCUT2D eigenvalue weighted by Gasteiger charge is 2.58. The number of rotatable bonds is 3. The number of fused-ring (bicyclic) bond motifs is 5. The summed E-state index contributed by atoms with van der Waals surface area (Å²) in [5, 5.41) is 11.2. The first kappa shape index (κ1) is 18.7. The van der Waals surface area contributed by atoms with Crippen molar-refractivity contribution in [3.05, 3.63) is 60.9 Å². The molecule has 3 heteroatoms. The van der Waals surface area contributed by atoms with Gasteiger partial charge in [0.25, 0.3) is 0 Å². The smallest absolute Gasteiger partial charge is 0.119 e. The van der Waals surface area contributed by atoms with Gasteiger partial charge in [0.05, 0.1) is 19.3 Å². The number of aliphatic hydroxyl groups is 1. The summed E-state index contributed by atoms with van der Waals surface area (Å²) in [6.45, 7) is 2.32. The molecule has 147 valence electrons. The average Bonchev–Trinajstić information content (AvgIpc) is 3.32. The van der Waals surface area contributed by atoms with Crippen molar-refractivity contribution in [2.45, 2.75) is 57.1 Å². The SMILES string of the molecule is COc1ccc2c(c1)CC[C@@H]1[C@@H]2CC[C@]2(C)[C@H](O)[C@@H](N=C[C]3[CH][CH][CH][CH]3)C[C@@H]12. The average molecular weight is 377 g/mol. The molecule has 6 atom stereocenters. The van der Waals surface area contributed by atoms with Crippen LogP contribution in [0.4, 0.5) is 0 Å². The van der Waals surface area contributed by atoms with E-state index in [9.17, 15) is 5.11 Å². The van der Waals surface area contributed by atoms with Crippen molar-refractivity contribution in [2.75, 3.05) is 7.11 Å². The van der Waals surface area contributed by atoms with Crippen LogP contribution < -0.4 is 4.74 Å². The van der Waals surface area contributed by atoms with Gasteiger partial charge in [0.1, 0.15) is 5.75 Å². The van der Waals surface area contributed by atoms with Gasteiger partial charge in [0, 0.05) is 12.1 Å². The molecular weight excluding hydrogens is 346 g/mol.